The van der Waals surface area contributed by atoms with E-state index in [1.54, 1.807) is 0 Å². The lowest BCUT2D eigenvalue weighted by molar-refractivity contribution is -0.369. The summed E-state index contributed by atoms with van der Waals surface area (Å²) in [6.07, 6.45) is 13.6. The third kappa shape index (κ3) is 2.14. The van der Waals surface area contributed by atoms with Crippen molar-refractivity contribution in [1.82, 2.24) is 0 Å². The normalized spacial score (nSPS) is 52.7. The molecule has 172 valence electrons. The molecule has 1 saturated carbocycles. The average molecular weight is 437 g/mol. The Bertz CT molecular complexity index is 1050. The van der Waals surface area contributed by atoms with Gasteiger partial charge in [-0.1, -0.05) is 52.0 Å². The van der Waals surface area contributed by atoms with Crippen molar-refractivity contribution in [3.8, 4) is 0 Å². The standard InChI is InChI=1S/C28H36O4/c1-16-20-11-14-27(32-28(16)23(30)17(2)24(3,4)31-28)22-8-7-18-15-19(29)9-12-25(18,5)21(22)10-13-26(20,27)6/h7-8,10,13,15-17,20,23,30H,9,11-12,14H2,1-6H3/t16-,17-,20+,23+,25-,26-,27-,28-/m0/s1. The van der Waals surface area contributed by atoms with Crippen LogP contribution in [-0.2, 0) is 14.3 Å². The van der Waals surface area contributed by atoms with Gasteiger partial charge in [-0.2, -0.15) is 0 Å². The number of fused-ring (bicyclic) bond motifs is 2. The fraction of sp³-hybridized carbons (Fsp3) is 0.679. The summed E-state index contributed by atoms with van der Waals surface area (Å²) in [5.74, 6) is -0.352. The van der Waals surface area contributed by atoms with Crippen molar-refractivity contribution in [2.24, 2.45) is 28.6 Å². The molecular formula is C28H36O4. The minimum atomic E-state index is -1.000. The van der Waals surface area contributed by atoms with Crippen molar-refractivity contribution in [3.05, 3.63) is 47.1 Å². The summed E-state index contributed by atoms with van der Waals surface area (Å²) in [4.78, 5) is 12.1. The lowest BCUT2D eigenvalue weighted by Gasteiger charge is -2.61. The van der Waals surface area contributed by atoms with Crippen LogP contribution in [0.3, 0.4) is 0 Å². The van der Waals surface area contributed by atoms with Gasteiger partial charge in [-0.15, -0.1) is 0 Å². The molecule has 6 aliphatic rings. The maximum absolute atomic E-state index is 12.1. The highest BCUT2D eigenvalue weighted by atomic mass is 16.7. The average Bonchev–Trinajstić information content (AvgIpc) is 3.06. The fourth-order valence-electron chi connectivity index (χ4n) is 8.17. The predicted octanol–water partition coefficient (Wildman–Crippen LogP) is 5.04. The molecule has 32 heavy (non-hydrogen) atoms. The van der Waals surface area contributed by atoms with E-state index in [1.807, 2.05) is 6.08 Å². The van der Waals surface area contributed by atoms with Crippen molar-refractivity contribution in [2.45, 2.75) is 90.3 Å². The maximum atomic E-state index is 12.1. The molecule has 0 radical (unpaired) electrons. The molecule has 2 aliphatic heterocycles. The molecule has 1 spiro atoms. The second-order valence-electron chi connectivity index (χ2n) is 12.2. The van der Waals surface area contributed by atoms with Crippen LogP contribution in [-0.4, -0.2) is 34.0 Å². The van der Waals surface area contributed by atoms with Crippen molar-refractivity contribution in [3.63, 3.8) is 0 Å². The number of allylic oxidation sites excluding steroid dienone is 5. The van der Waals surface area contributed by atoms with Crippen molar-refractivity contribution >= 4 is 5.78 Å². The van der Waals surface area contributed by atoms with Crippen LogP contribution in [0.25, 0.3) is 0 Å². The second-order valence-corrected chi connectivity index (χ2v) is 12.2. The van der Waals surface area contributed by atoms with E-state index in [0.717, 1.165) is 24.8 Å². The van der Waals surface area contributed by atoms with Gasteiger partial charge >= 0.3 is 0 Å². The zero-order chi connectivity index (χ0) is 22.9. The smallest absolute Gasteiger partial charge is 0.199 e. The monoisotopic (exact) mass is 436 g/mol. The third-order valence-electron chi connectivity index (χ3n) is 10.6. The first-order valence-corrected chi connectivity index (χ1v) is 12.4. The molecular weight excluding hydrogens is 400 g/mol. The van der Waals surface area contributed by atoms with Gasteiger partial charge in [0.1, 0.15) is 11.7 Å². The van der Waals surface area contributed by atoms with E-state index < -0.39 is 23.1 Å². The van der Waals surface area contributed by atoms with E-state index in [2.05, 4.69) is 65.8 Å². The molecule has 2 bridgehead atoms. The number of hydrogen-bond acceptors (Lipinski definition) is 4. The van der Waals surface area contributed by atoms with Crippen LogP contribution in [0.15, 0.2) is 47.1 Å². The third-order valence-corrected chi connectivity index (χ3v) is 10.6. The number of rotatable bonds is 0. The first-order chi connectivity index (χ1) is 14.9. The van der Waals surface area contributed by atoms with Crippen LogP contribution in [0.5, 0.6) is 0 Å². The number of hydrogen-bond donors (Lipinski definition) is 1. The summed E-state index contributed by atoms with van der Waals surface area (Å²) in [7, 11) is 0. The minimum Gasteiger partial charge on any atom is -0.387 e. The van der Waals surface area contributed by atoms with E-state index in [0.29, 0.717) is 12.3 Å². The summed E-state index contributed by atoms with van der Waals surface area (Å²) in [6.45, 7) is 13.0. The fourth-order valence-corrected chi connectivity index (χ4v) is 8.17. The second kappa shape index (κ2) is 5.95. The quantitative estimate of drug-likeness (QED) is 0.578. The molecule has 2 saturated heterocycles. The van der Waals surface area contributed by atoms with E-state index in [4.69, 9.17) is 9.47 Å². The van der Waals surface area contributed by atoms with Gasteiger partial charge in [0.2, 0.25) is 0 Å². The Kier molecular flexibility index (Phi) is 3.92. The van der Waals surface area contributed by atoms with Gasteiger partial charge in [0.15, 0.2) is 11.6 Å². The molecule has 0 aromatic carbocycles. The molecule has 3 fully saturated rings. The van der Waals surface area contributed by atoms with Gasteiger partial charge in [-0.05, 0) is 61.8 Å². The SMILES string of the molecule is C[C@H]1[C@@H](O)[C@@]2(OC1(C)C)O[C@]13CC[C@H]([C@@H]2C)[C@]1(C)C=CC1=C3C=CC2=CC(=O)CC[C@@]21C. The molecule has 0 aromatic heterocycles. The van der Waals surface area contributed by atoms with E-state index in [-0.39, 0.29) is 28.4 Å². The van der Waals surface area contributed by atoms with Crippen molar-refractivity contribution in [2.75, 3.05) is 0 Å². The molecule has 4 nitrogen and oxygen atoms in total. The molecule has 2 heterocycles. The number of aliphatic hydroxyl groups is 1. The first kappa shape index (κ1) is 21.1. The minimum absolute atomic E-state index is 0.0176. The maximum Gasteiger partial charge on any atom is 0.199 e. The van der Waals surface area contributed by atoms with Gasteiger partial charge in [0, 0.05) is 29.1 Å². The molecule has 0 unspecified atom stereocenters. The lowest BCUT2D eigenvalue weighted by atomic mass is 9.53. The van der Waals surface area contributed by atoms with Gasteiger partial charge in [0.05, 0.1) is 5.60 Å². The van der Waals surface area contributed by atoms with E-state index in [1.165, 1.54) is 11.1 Å². The highest BCUT2D eigenvalue weighted by Gasteiger charge is 2.75. The van der Waals surface area contributed by atoms with Crippen LogP contribution in [0.4, 0.5) is 0 Å². The molecule has 4 heteroatoms. The Hall–Kier alpha value is -1.49. The summed E-state index contributed by atoms with van der Waals surface area (Å²) in [5.41, 5.74) is 2.32. The van der Waals surface area contributed by atoms with Crippen LogP contribution >= 0.6 is 0 Å². The Morgan fingerprint density at radius 2 is 1.72 bits per heavy atom. The number of carbonyl (C=O) groups is 1. The van der Waals surface area contributed by atoms with Crippen molar-refractivity contribution in [1.29, 1.82) is 0 Å². The summed E-state index contributed by atoms with van der Waals surface area (Å²) in [6, 6.07) is 0. The largest absolute Gasteiger partial charge is 0.387 e. The Morgan fingerprint density at radius 3 is 2.41 bits per heavy atom. The topological polar surface area (TPSA) is 55.8 Å². The summed E-state index contributed by atoms with van der Waals surface area (Å²) in [5, 5.41) is 11.5. The molecule has 0 amide bonds. The Morgan fingerprint density at radius 1 is 0.969 bits per heavy atom. The Balaban J connectivity index is 1.54. The van der Waals surface area contributed by atoms with Crippen LogP contribution < -0.4 is 0 Å². The van der Waals surface area contributed by atoms with Gasteiger partial charge in [0.25, 0.3) is 0 Å². The first-order valence-electron chi connectivity index (χ1n) is 12.4. The zero-order valence-corrected chi connectivity index (χ0v) is 20.2. The van der Waals surface area contributed by atoms with Gasteiger partial charge < -0.3 is 14.6 Å². The molecule has 4 aliphatic carbocycles. The van der Waals surface area contributed by atoms with E-state index >= 15 is 0 Å². The summed E-state index contributed by atoms with van der Waals surface area (Å²) >= 11 is 0. The van der Waals surface area contributed by atoms with Gasteiger partial charge in [-0.3, -0.25) is 4.79 Å². The van der Waals surface area contributed by atoms with Gasteiger partial charge in [-0.25, -0.2) is 0 Å². The van der Waals surface area contributed by atoms with Crippen molar-refractivity contribution < 1.29 is 19.4 Å². The van der Waals surface area contributed by atoms with Crippen LogP contribution in [0.1, 0.15) is 67.2 Å². The highest BCUT2D eigenvalue weighted by Crippen LogP contribution is 2.71. The van der Waals surface area contributed by atoms with Crippen LogP contribution in [0.2, 0.25) is 0 Å². The predicted molar refractivity (Wildman–Crippen MR) is 123 cm³/mol. The van der Waals surface area contributed by atoms with E-state index in [9.17, 15) is 9.90 Å². The molecule has 8 atom stereocenters. The number of aliphatic hydroxyl groups excluding tert-OH is 1. The van der Waals surface area contributed by atoms with Crippen LogP contribution in [0, 0.1) is 28.6 Å². The molecule has 0 aromatic rings. The molecule has 1 N–H and O–H groups in total. The molecule has 6 rings (SSSR count). The number of carbonyl (C=O) groups excluding carboxylic acids is 1. The lowest BCUT2D eigenvalue weighted by Crippen LogP contribution is -2.67. The summed E-state index contributed by atoms with van der Waals surface area (Å²) < 4.78 is 14.0. The highest BCUT2D eigenvalue weighted by molar-refractivity contribution is 5.93. The number of ketones is 1. The zero-order valence-electron chi connectivity index (χ0n) is 20.2. The number of ether oxygens (including phenoxy) is 2. The Labute approximate surface area is 191 Å².